The lowest BCUT2D eigenvalue weighted by Crippen LogP contribution is -2.82. The Labute approximate surface area is 517 Å². The van der Waals surface area contributed by atoms with Crippen molar-refractivity contribution in [3.05, 3.63) is 151 Å². The quantitative estimate of drug-likeness (QED) is 0.0228. The molecule has 2 unspecified atom stereocenters. The highest BCUT2D eigenvalue weighted by molar-refractivity contribution is 5.96. The first-order valence-corrected chi connectivity index (χ1v) is 29.9. The van der Waals surface area contributed by atoms with Crippen LogP contribution < -0.4 is 21.9 Å². The van der Waals surface area contributed by atoms with Crippen molar-refractivity contribution in [2.75, 3.05) is 59.4 Å². The van der Waals surface area contributed by atoms with Gasteiger partial charge in [-0.2, -0.15) is 0 Å². The van der Waals surface area contributed by atoms with Crippen LogP contribution in [0.2, 0.25) is 0 Å². The Kier molecular flexibility index (Phi) is 20.8. The summed E-state index contributed by atoms with van der Waals surface area (Å²) >= 11 is 0. The van der Waals surface area contributed by atoms with E-state index < -0.39 is 149 Å². The monoisotopic (exact) mass is 1250 g/mol. The average molecular weight is 1260 g/mol. The van der Waals surface area contributed by atoms with Crippen molar-refractivity contribution in [1.82, 2.24) is 19.8 Å². The molecule has 3 aliphatic carbocycles. The number of nitrogens with one attached hydrogen (secondary N) is 2. The zero-order valence-electron chi connectivity index (χ0n) is 50.9. The van der Waals surface area contributed by atoms with Gasteiger partial charge in [0, 0.05) is 55.5 Å². The van der Waals surface area contributed by atoms with Crippen LogP contribution in [0.15, 0.2) is 118 Å². The molecule has 2 saturated heterocycles. The fourth-order valence-electron chi connectivity index (χ4n) is 13.3. The van der Waals surface area contributed by atoms with E-state index in [1.54, 1.807) is 85.8 Å². The molecule has 3 heterocycles. The molecular formula is C64H78N4O22. The third-order valence-electron chi connectivity index (χ3n) is 18.2. The second-order valence-corrected chi connectivity index (χ2v) is 24.0. The zero-order chi connectivity index (χ0) is 64.9. The summed E-state index contributed by atoms with van der Waals surface area (Å²) in [5, 5.41) is 63.4. The minimum Gasteiger partial charge on any atom is -0.456 e. The number of rotatable bonds is 24. The largest absolute Gasteiger partial charge is 0.456 e. The summed E-state index contributed by atoms with van der Waals surface area (Å²) in [5.41, 5.74) is -8.79. The molecule has 9 rings (SSSR count). The van der Waals surface area contributed by atoms with Crippen LogP contribution in [0.5, 0.6) is 0 Å². The van der Waals surface area contributed by atoms with Gasteiger partial charge >= 0.3 is 29.7 Å². The Morgan fingerprint density at radius 2 is 1.40 bits per heavy atom. The van der Waals surface area contributed by atoms with Crippen molar-refractivity contribution in [2.45, 2.75) is 140 Å². The van der Waals surface area contributed by atoms with Gasteiger partial charge in [-0.1, -0.05) is 80.6 Å². The van der Waals surface area contributed by atoms with Gasteiger partial charge in [0.05, 0.1) is 94.5 Å². The Morgan fingerprint density at radius 3 is 2.00 bits per heavy atom. The summed E-state index contributed by atoms with van der Waals surface area (Å²) in [6.45, 7) is 7.69. The van der Waals surface area contributed by atoms with Crippen LogP contribution in [-0.4, -0.2) is 190 Å². The summed E-state index contributed by atoms with van der Waals surface area (Å²) in [4.78, 5) is 113. The van der Waals surface area contributed by atoms with Crippen LogP contribution in [0.1, 0.15) is 98.0 Å². The van der Waals surface area contributed by atoms with Gasteiger partial charge in [-0.25, -0.2) is 19.2 Å². The topological polar surface area (TPSA) is 355 Å². The van der Waals surface area contributed by atoms with Crippen LogP contribution in [0, 0.1) is 23.7 Å². The second-order valence-electron chi connectivity index (χ2n) is 24.0. The molecule has 2 aliphatic heterocycles. The van der Waals surface area contributed by atoms with Gasteiger partial charge in [0.15, 0.2) is 23.6 Å². The number of hydrogen-bond acceptors (Lipinski definition) is 22. The number of ether oxygens (including phenoxy) is 9. The van der Waals surface area contributed by atoms with Crippen molar-refractivity contribution in [3.8, 4) is 0 Å². The number of aromatic nitrogens is 2. The number of carbonyl (C=O) groups is 6. The van der Waals surface area contributed by atoms with Crippen molar-refractivity contribution < 1.29 is 96.9 Å². The number of nitrogens with zero attached hydrogens (tertiary/aromatic N) is 2. The van der Waals surface area contributed by atoms with E-state index in [1.807, 2.05) is 0 Å². The third-order valence-corrected chi connectivity index (χ3v) is 18.2. The Morgan fingerprint density at radius 1 is 0.789 bits per heavy atom. The average Bonchev–Trinajstić information content (AvgIpc) is 0.797. The molecule has 90 heavy (non-hydrogen) atoms. The van der Waals surface area contributed by atoms with Crippen LogP contribution in [0.25, 0.3) is 0 Å². The van der Waals surface area contributed by atoms with E-state index in [4.69, 9.17) is 42.6 Å². The fraction of sp³-hybridized carbons (Fsp3) is 0.531. The number of benzene rings is 3. The lowest BCUT2D eigenvalue weighted by molar-refractivity contribution is -0.345. The molecule has 26 nitrogen and oxygen atoms in total. The summed E-state index contributed by atoms with van der Waals surface area (Å²) in [6.07, 6.45) is -13.9. The highest BCUT2D eigenvalue weighted by Crippen LogP contribution is 2.64. The highest BCUT2D eigenvalue weighted by Gasteiger charge is 2.78. The number of aliphatic hydroxyl groups is 5. The number of amides is 2. The summed E-state index contributed by atoms with van der Waals surface area (Å²) < 4.78 is 55.7. The maximum Gasteiger partial charge on any atom is 0.408 e. The van der Waals surface area contributed by atoms with E-state index in [9.17, 15) is 59.1 Å². The van der Waals surface area contributed by atoms with Crippen LogP contribution in [0.4, 0.5) is 4.79 Å². The minimum atomic E-state index is -2.52. The summed E-state index contributed by atoms with van der Waals surface area (Å²) in [6, 6.07) is 22.6. The van der Waals surface area contributed by atoms with Crippen molar-refractivity contribution in [1.29, 1.82) is 0 Å². The van der Waals surface area contributed by atoms with Crippen molar-refractivity contribution >= 4 is 35.7 Å². The lowest BCUT2D eigenvalue weighted by Gasteiger charge is -2.67. The zero-order valence-corrected chi connectivity index (χ0v) is 50.9. The normalized spacial score (nSPS) is 29.0. The van der Waals surface area contributed by atoms with Gasteiger partial charge in [-0.05, 0) is 61.7 Å². The molecule has 7 N–H and O–H groups in total. The van der Waals surface area contributed by atoms with Gasteiger partial charge in [0.25, 0.3) is 11.5 Å². The number of aryl methyl sites for hydroxylation is 1. The summed E-state index contributed by atoms with van der Waals surface area (Å²) in [5.74, 6) is -6.38. The molecule has 4 aromatic rings. The summed E-state index contributed by atoms with van der Waals surface area (Å²) in [7, 11) is 0. The number of aliphatic hydroxyl groups excluding tert-OH is 4. The van der Waals surface area contributed by atoms with Crippen LogP contribution in [0.3, 0.4) is 0 Å². The Hall–Kier alpha value is -7.50. The standard InChI is InChI=1S/C64H78N4O22/c1-36-33-68(47-30-42(71)44(34-69)86-47)60(80)67(56(36)76)23-25-83-27-29-84-28-26-82-24-22-65-59(79)88-51-48-37(2)43(87-58(78)50(73)49(39-16-10-7-11-17-39)66-55(75)40-18-12-8-13-19-40)32-64(81,61(48,4)5)54(89-57(77)41-20-14-9-15-21-41)52-62(6,53(51)74)45(72)31-46-63(52,35-85-46)90-38(3)70/h7-21,33,42-47,49-52,54,69,71-73,81H,22-32,34-35H2,1-6H3,(H,65,79)(H,66,75)/t42?,43-,44-,45-,46+,47-,49-,50+,51+,52-,54-,62?,63-,64+/m0/s1. The molecule has 3 aromatic carbocycles. The van der Waals surface area contributed by atoms with E-state index in [-0.39, 0.29) is 100 Å². The number of ketones is 1. The first kappa shape index (κ1) is 66.9. The van der Waals surface area contributed by atoms with Gasteiger partial charge in [-0.3, -0.25) is 28.3 Å². The molecule has 0 radical (unpaired) electrons. The van der Waals surface area contributed by atoms with Gasteiger partial charge in [-0.15, -0.1) is 0 Å². The molecule has 14 atom stereocenters. The Bertz CT molecular complexity index is 3410. The smallest absolute Gasteiger partial charge is 0.408 e. The van der Waals surface area contributed by atoms with E-state index in [1.165, 1.54) is 50.6 Å². The molecule has 4 fully saturated rings. The molecule has 26 heteroatoms. The number of fused-ring (bicyclic) bond motifs is 5. The number of alkyl carbamates (subject to hydrolysis) is 1. The molecule has 486 valence electrons. The maximum atomic E-state index is 16.1. The third kappa shape index (κ3) is 13.2. The van der Waals surface area contributed by atoms with Gasteiger partial charge < -0.3 is 78.8 Å². The molecule has 2 saturated carbocycles. The first-order valence-electron chi connectivity index (χ1n) is 29.9. The first-order chi connectivity index (χ1) is 42.9. The molecule has 1 aromatic heterocycles. The molecule has 2 amide bonds. The second kappa shape index (κ2) is 27.9. The molecular weight excluding hydrogens is 1180 g/mol. The molecule has 2 bridgehead atoms. The van der Waals surface area contributed by atoms with Gasteiger partial charge in [0.2, 0.25) is 0 Å². The van der Waals surface area contributed by atoms with Gasteiger partial charge in [0.1, 0.15) is 36.2 Å². The predicted molar refractivity (Wildman–Crippen MR) is 314 cm³/mol. The SMILES string of the molecule is CC(=O)O[C@@]12CO[C@@H]1C[C@H](O)C1(C)C(=O)[C@H](OC(=O)NCCOCCOCCOCCn3c(=O)c(C)cn([C@@H]4CC(O)[C@H](CO)O4)c3=O)C3=C(C)[C@@H](OC(=O)[C@H](O)[C@@H](NC(=O)c4ccccc4)c4ccccc4)C[C@@](O)([C@@H](OC(=O)c4ccccc4)[C@@H]12)C3(C)C. The highest BCUT2D eigenvalue weighted by atomic mass is 16.6. The number of Topliss-reactive ketones (excluding diaryl/α,β-unsaturated/α-hetero) is 1. The predicted octanol–water partition coefficient (Wildman–Crippen LogP) is 1.92. The number of esters is 3. The van der Waals surface area contributed by atoms with E-state index in [2.05, 4.69) is 10.6 Å². The Balaban J connectivity index is 0.930. The van der Waals surface area contributed by atoms with Crippen molar-refractivity contribution in [2.24, 2.45) is 16.7 Å². The van der Waals surface area contributed by atoms with E-state index >= 15 is 4.79 Å². The number of hydrogen-bond donors (Lipinski definition) is 7. The fourth-order valence-corrected chi connectivity index (χ4v) is 13.3. The molecule has 0 spiro atoms. The lowest BCUT2D eigenvalue weighted by atomic mass is 9.44. The van der Waals surface area contributed by atoms with Crippen LogP contribution in [-0.2, 0) is 63.6 Å². The maximum absolute atomic E-state index is 16.1. The van der Waals surface area contributed by atoms with Crippen molar-refractivity contribution in [3.63, 3.8) is 0 Å². The molecule has 5 aliphatic rings. The van der Waals surface area contributed by atoms with Crippen LogP contribution >= 0.6 is 0 Å². The number of carbonyl (C=O) groups excluding carboxylic acids is 6. The van der Waals surface area contributed by atoms with E-state index in [0.29, 0.717) is 5.56 Å². The minimum absolute atomic E-state index is 0.0173. The van der Waals surface area contributed by atoms with E-state index in [0.717, 1.165) is 11.5 Å².